The second-order valence-corrected chi connectivity index (χ2v) is 4.70. The van der Waals surface area contributed by atoms with E-state index in [1.54, 1.807) is 0 Å². The first-order chi connectivity index (χ1) is 9.27. The topological polar surface area (TPSA) is 157 Å². The SMILES string of the molecule is CC(=O)N[C@H]1[C@H]([C@H](O)[C@H](O)CO)OC(C(=O)O)C[C@@H]1O. The summed E-state index contributed by atoms with van der Waals surface area (Å²) in [5, 5.41) is 49.2. The molecule has 116 valence electrons. The molecule has 0 saturated carbocycles. The predicted molar refractivity (Wildman–Crippen MR) is 63.6 cm³/mol. The number of ether oxygens (including phenoxy) is 1. The molecule has 0 bridgehead atoms. The number of carbonyl (C=O) groups is 2. The van der Waals surface area contributed by atoms with Crippen molar-refractivity contribution in [1.82, 2.24) is 5.32 Å². The Morgan fingerprint density at radius 2 is 2.00 bits per heavy atom. The third-order valence-corrected chi connectivity index (χ3v) is 3.11. The van der Waals surface area contributed by atoms with Gasteiger partial charge >= 0.3 is 5.97 Å². The molecule has 0 aromatic carbocycles. The molecule has 20 heavy (non-hydrogen) atoms. The molecule has 1 fully saturated rings. The van der Waals surface area contributed by atoms with Gasteiger partial charge in [-0.25, -0.2) is 4.79 Å². The molecule has 1 heterocycles. The van der Waals surface area contributed by atoms with Gasteiger partial charge in [0.15, 0.2) is 6.10 Å². The molecule has 1 rings (SSSR count). The second-order valence-electron chi connectivity index (χ2n) is 4.70. The molecule has 0 aromatic rings. The maximum absolute atomic E-state index is 11.1. The van der Waals surface area contributed by atoms with Gasteiger partial charge in [-0.3, -0.25) is 4.79 Å². The highest BCUT2D eigenvalue weighted by Crippen LogP contribution is 2.24. The van der Waals surface area contributed by atoms with Gasteiger partial charge in [-0.2, -0.15) is 0 Å². The number of nitrogens with one attached hydrogen (secondary N) is 1. The van der Waals surface area contributed by atoms with Crippen molar-refractivity contribution >= 4 is 11.9 Å². The summed E-state index contributed by atoms with van der Waals surface area (Å²) in [7, 11) is 0. The number of aliphatic hydroxyl groups excluding tert-OH is 4. The van der Waals surface area contributed by atoms with E-state index in [2.05, 4.69) is 5.32 Å². The van der Waals surface area contributed by atoms with Crippen LogP contribution in [0.15, 0.2) is 0 Å². The molecule has 1 unspecified atom stereocenters. The number of rotatable bonds is 5. The third kappa shape index (κ3) is 3.87. The highest BCUT2D eigenvalue weighted by molar-refractivity contribution is 5.74. The molecule has 1 amide bonds. The Morgan fingerprint density at radius 3 is 2.45 bits per heavy atom. The highest BCUT2D eigenvalue weighted by atomic mass is 16.5. The zero-order chi connectivity index (χ0) is 15.4. The van der Waals surface area contributed by atoms with Crippen LogP contribution in [0.25, 0.3) is 0 Å². The van der Waals surface area contributed by atoms with Crippen LogP contribution in [-0.2, 0) is 14.3 Å². The molecule has 0 aromatic heterocycles. The fourth-order valence-corrected chi connectivity index (χ4v) is 2.11. The summed E-state index contributed by atoms with van der Waals surface area (Å²) in [6.45, 7) is 0.406. The van der Waals surface area contributed by atoms with Gasteiger partial charge in [0.25, 0.3) is 0 Å². The van der Waals surface area contributed by atoms with Crippen LogP contribution < -0.4 is 5.32 Å². The number of carbonyl (C=O) groups excluding carboxylic acids is 1. The fourth-order valence-electron chi connectivity index (χ4n) is 2.11. The summed E-state index contributed by atoms with van der Waals surface area (Å²) >= 11 is 0. The summed E-state index contributed by atoms with van der Waals surface area (Å²) in [5.41, 5.74) is 0. The van der Waals surface area contributed by atoms with Gasteiger partial charge in [-0.05, 0) is 0 Å². The van der Waals surface area contributed by atoms with E-state index in [1.165, 1.54) is 6.92 Å². The van der Waals surface area contributed by atoms with Crippen molar-refractivity contribution < 1.29 is 39.9 Å². The number of carboxylic acids is 1. The van der Waals surface area contributed by atoms with Gasteiger partial charge in [0.2, 0.25) is 5.91 Å². The van der Waals surface area contributed by atoms with Crippen LogP contribution in [0, 0.1) is 0 Å². The minimum Gasteiger partial charge on any atom is -0.479 e. The van der Waals surface area contributed by atoms with E-state index in [0.29, 0.717) is 0 Å². The first-order valence-corrected chi connectivity index (χ1v) is 6.08. The van der Waals surface area contributed by atoms with E-state index in [9.17, 15) is 24.9 Å². The third-order valence-electron chi connectivity index (χ3n) is 3.11. The van der Waals surface area contributed by atoms with Crippen molar-refractivity contribution in [3.05, 3.63) is 0 Å². The van der Waals surface area contributed by atoms with E-state index < -0.39 is 55.0 Å². The molecule has 1 saturated heterocycles. The summed E-state index contributed by atoms with van der Waals surface area (Å²) in [6, 6.07) is -1.08. The van der Waals surface area contributed by atoms with Crippen LogP contribution >= 0.6 is 0 Å². The van der Waals surface area contributed by atoms with Crippen molar-refractivity contribution in [3.63, 3.8) is 0 Å². The minimum atomic E-state index is -1.66. The molecule has 0 radical (unpaired) electrons. The van der Waals surface area contributed by atoms with Crippen LogP contribution in [0.2, 0.25) is 0 Å². The van der Waals surface area contributed by atoms with Gasteiger partial charge in [0.1, 0.15) is 18.3 Å². The van der Waals surface area contributed by atoms with E-state index in [-0.39, 0.29) is 6.42 Å². The van der Waals surface area contributed by atoms with Crippen LogP contribution in [0.5, 0.6) is 0 Å². The van der Waals surface area contributed by atoms with Crippen molar-refractivity contribution in [2.75, 3.05) is 6.61 Å². The summed E-state index contributed by atoms with van der Waals surface area (Å²) in [5.74, 6) is -1.84. The average Bonchev–Trinajstić information content (AvgIpc) is 2.38. The number of carboxylic acid groups (broad SMARTS) is 1. The lowest BCUT2D eigenvalue weighted by atomic mass is 9.90. The summed E-state index contributed by atoms with van der Waals surface area (Å²) < 4.78 is 5.12. The van der Waals surface area contributed by atoms with Crippen LogP contribution in [-0.4, -0.2) is 80.6 Å². The predicted octanol–water partition coefficient (Wildman–Crippen LogP) is -3.19. The van der Waals surface area contributed by atoms with E-state index in [1.807, 2.05) is 0 Å². The number of hydrogen-bond donors (Lipinski definition) is 6. The van der Waals surface area contributed by atoms with Crippen molar-refractivity contribution in [2.24, 2.45) is 0 Å². The molecule has 1 aliphatic rings. The Bertz CT molecular complexity index is 362. The van der Waals surface area contributed by atoms with E-state index in [0.717, 1.165) is 0 Å². The van der Waals surface area contributed by atoms with Crippen molar-refractivity contribution in [3.8, 4) is 0 Å². The monoisotopic (exact) mass is 293 g/mol. The Balaban J connectivity index is 2.94. The van der Waals surface area contributed by atoms with Gasteiger partial charge in [-0.15, -0.1) is 0 Å². The van der Waals surface area contributed by atoms with Gasteiger partial charge < -0.3 is 35.6 Å². The lowest BCUT2D eigenvalue weighted by Gasteiger charge is -2.41. The second kappa shape index (κ2) is 6.95. The molecule has 1 aliphatic heterocycles. The van der Waals surface area contributed by atoms with Crippen molar-refractivity contribution in [2.45, 2.75) is 49.9 Å². The first-order valence-electron chi connectivity index (χ1n) is 6.08. The Morgan fingerprint density at radius 1 is 1.40 bits per heavy atom. The number of aliphatic hydroxyl groups is 4. The highest BCUT2D eigenvalue weighted by Gasteiger charge is 2.45. The maximum Gasteiger partial charge on any atom is 0.332 e. The molecule has 0 aliphatic carbocycles. The number of amides is 1. The smallest absolute Gasteiger partial charge is 0.332 e. The van der Waals surface area contributed by atoms with Crippen LogP contribution in [0.3, 0.4) is 0 Å². The lowest BCUT2D eigenvalue weighted by Crippen LogP contribution is -2.63. The molecular weight excluding hydrogens is 274 g/mol. The fraction of sp³-hybridized carbons (Fsp3) is 0.818. The van der Waals surface area contributed by atoms with E-state index in [4.69, 9.17) is 14.9 Å². The number of aliphatic carboxylic acids is 1. The lowest BCUT2D eigenvalue weighted by molar-refractivity contribution is -0.195. The Hall–Kier alpha value is -1.26. The van der Waals surface area contributed by atoms with Crippen LogP contribution in [0.1, 0.15) is 13.3 Å². The molecule has 9 nitrogen and oxygen atoms in total. The molecule has 9 heteroatoms. The Kier molecular flexibility index (Phi) is 5.84. The van der Waals surface area contributed by atoms with Gasteiger partial charge in [-0.1, -0.05) is 0 Å². The molecule has 0 spiro atoms. The maximum atomic E-state index is 11.1. The van der Waals surface area contributed by atoms with Crippen molar-refractivity contribution in [1.29, 1.82) is 0 Å². The quantitative estimate of drug-likeness (QED) is 0.309. The largest absolute Gasteiger partial charge is 0.479 e. The standard InChI is InChI=1S/C11H19NO8/c1-4(14)12-8-5(15)2-7(11(18)19)20-10(8)9(17)6(16)3-13/h5-10,13,15-17H,2-3H2,1H3,(H,12,14)(H,18,19)/t5-,6+,7?,8+,9+,10+/m0/s1. The molecule has 6 atom stereocenters. The zero-order valence-corrected chi connectivity index (χ0v) is 10.8. The average molecular weight is 293 g/mol. The van der Waals surface area contributed by atoms with Gasteiger partial charge in [0.05, 0.1) is 18.8 Å². The Labute approximate surface area is 114 Å². The number of hydrogen-bond acceptors (Lipinski definition) is 7. The normalized spacial score (nSPS) is 33.2. The zero-order valence-electron chi connectivity index (χ0n) is 10.8. The van der Waals surface area contributed by atoms with E-state index >= 15 is 0 Å². The van der Waals surface area contributed by atoms with Crippen LogP contribution in [0.4, 0.5) is 0 Å². The molecule has 6 N–H and O–H groups in total. The van der Waals surface area contributed by atoms with Gasteiger partial charge in [0, 0.05) is 13.3 Å². The molecular formula is C11H19NO8. The summed E-state index contributed by atoms with van der Waals surface area (Å²) in [6.07, 6.45) is -7.51. The summed E-state index contributed by atoms with van der Waals surface area (Å²) in [4.78, 5) is 22.0. The minimum absolute atomic E-state index is 0.265. The first kappa shape index (κ1) is 16.8.